The van der Waals surface area contributed by atoms with E-state index >= 15 is 0 Å². The highest BCUT2D eigenvalue weighted by Gasteiger charge is 2.16. The summed E-state index contributed by atoms with van der Waals surface area (Å²) in [6.45, 7) is 0.526. The molecule has 0 aliphatic carbocycles. The highest BCUT2D eigenvalue weighted by Crippen LogP contribution is 2.12. The van der Waals surface area contributed by atoms with E-state index in [4.69, 9.17) is 0 Å². The van der Waals surface area contributed by atoms with Crippen LogP contribution in [0.3, 0.4) is 0 Å². The number of pyridine rings is 1. The summed E-state index contributed by atoms with van der Waals surface area (Å²) in [4.78, 5) is 32.6. The molecule has 0 bridgehead atoms. The van der Waals surface area contributed by atoms with Gasteiger partial charge in [0.2, 0.25) is 0 Å². The molecule has 0 spiro atoms. The zero-order valence-corrected chi connectivity index (χ0v) is 12.5. The Hall–Kier alpha value is -3.48. The van der Waals surface area contributed by atoms with Crippen molar-refractivity contribution in [3.8, 4) is 0 Å². The first kappa shape index (κ1) is 14.1. The van der Waals surface area contributed by atoms with Crippen LogP contribution in [0.25, 0.3) is 16.8 Å². The fourth-order valence-corrected chi connectivity index (χ4v) is 2.72. The summed E-state index contributed by atoms with van der Waals surface area (Å²) in [6, 6.07) is 14.3. The van der Waals surface area contributed by atoms with E-state index in [2.05, 4.69) is 9.97 Å². The molecule has 0 saturated carbocycles. The van der Waals surface area contributed by atoms with Crippen LogP contribution < -0.4 is 5.56 Å². The molecule has 0 amide bonds. The number of hydrogen-bond acceptors (Lipinski definition) is 4. The highest BCUT2D eigenvalue weighted by molar-refractivity contribution is 5.87. The lowest BCUT2D eigenvalue weighted by molar-refractivity contribution is 0.0688. The van der Waals surface area contributed by atoms with E-state index in [0.717, 1.165) is 9.96 Å². The molecule has 1 N–H and O–H groups in total. The molecule has 0 aliphatic rings. The molecule has 4 rings (SSSR count). The van der Waals surface area contributed by atoms with E-state index in [0.29, 0.717) is 12.2 Å². The fourth-order valence-electron chi connectivity index (χ4n) is 2.72. The molecular weight excluding hydrogens is 308 g/mol. The van der Waals surface area contributed by atoms with Gasteiger partial charge in [-0.25, -0.2) is 14.8 Å². The number of carboxylic acids is 1. The van der Waals surface area contributed by atoms with Crippen molar-refractivity contribution in [1.82, 2.24) is 18.9 Å². The van der Waals surface area contributed by atoms with E-state index in [1.54, 1.807) is 23.0 Å². The first-order valence-corrected chi connectivity index (χ1v) is 7.29. The van der Waals surface area contributed by atoms with Gasteiger partial charge in [0.15, 0.2) is 11.2 Å². The number of hydrogen-bond donors (Lipinski definition) is 1. The summed E-state index contributed by atoms with van der Waals surface area (Å²) in [6.07, 6.45) is 1.55. The summed E-state index contributed by atoms with van der Waals surface area (Å²) < 4.78 is 2.85. The quantitative estimate of drug-likeness (QED) is 0.621. The Labute approximate surface area is 135 Å². The maximum absolute atomic E-state index is 12.7. The summed E-state index contributed by atoms with van der Waals surface area (Å²) >= 11 is 0. The first-order chi connectivity index (χ1) is 11.6. The topological polar surface area (TPSA) is 89.5 Å². The largest absolute Gasteiger partial charge is 0.477 e. The Balaban J connectivity index is 1.97. The summed E-state index contributed by atoms with van der Waals surface area (Å²) in [5.41, 5.74) is 1.30. The minimum Gasteiger partial charge on any atom is -0.477 e. The van der Waals surface area contributed by atoms with E-state index < -0.39 is 11.5 Å². The van der Waals surface area contributed by atoms with E-state index in [1.165, 1.54) is 6.07 Å². The first-order valence-electron chi connectivity index (χ1n) is 7.29. The van der Waals surface area contributed by atoms with Gasteiger partial charge in [-0.15, -0.1) is 0 Å². The Morgan fingerprint density at radius 3 is 2.62 bits per heavy atom. The Bertz CT molecular complexity index is 1130. The molecule has 3 heterocycles. The molecule has 24 heavy (non-hydrogen) atoms. The molecule has 0 radical (unpaired) electrons. The lowest BCUT2D eigenvalue weighted by Gasteiger charge is -2.06. The smallest absolute Gasteiger partial charge is 0.353 e. The molecule has 4 aromatic rings. The van der Waals surface area contributed by atoms with Gasteiger partial charge >= 0.3 is 5.97 Å². The lowest BCUT2D eigenvalue weighted by Crippen LogP contribution is -2.21. The molecule has 7 heteroatoms. The monoisotopic (exact) mass is 320 g/mol. The molecule has 0 aliphatic heterocycles. The molecule has 0 atom stereocenters. The SMILES string of the molecule is O=C(O)c1cccc2nc3c(ncn3Cc3ccccc3)c(=O)n12. The predicted octanol–water partition coefficient (Wildman–Crippen LogP) is 1.79. The summed E-state index contributed by atoms with van der Waals surface area (Å²) in [7, 11) is 0. The Morgan fingerprint density at radius 2 is 1.88 bits per heavy atom. The van der Waals surface area contributed by atoms with Gasteiger partial charge < -0.3 is 9.67 Å². The van der Waals surface area contributed by atoms with Crippen LogP contribution in [-0.2, 0) is 6.54 Å². The molecule has 0 fully saturated rings. The van der Waals surface area contributed by atoms with E-state index in [1.807, 2.05) is 30.3 Å². The lowest BCUT2D eigenvalue weighted by atomic mass is 10.2. The van der Waals surface area contributed by atoms with Gasteiger partial charge in [0.05, 0.1) is 12.9 Å². The van der Waals surface area contributed by atoms with Crippen LogP contribution in [0.2, 0.25) is 0 Å². The zero-order chi connectivity index (χ0) is 16.7. The van der Waals surface area contributed by atoms with Crippen LogP contribution in [0.1, 0.15) is 16.1 Å². The standard InChI is InChI=1S/C17H12N4O3/c22-16-14-15(19-13-8-4-7-12(17(23)24)21(13)16)20(10-18-14)9-11-5-2-1-3-6-11/h1-8,10H,9H2,(H,23,24). The maximum atomic E-state index is 12.7. The second-order valence-electron chi connectivity index (χ2n) is 5.36. The van der Waals surface area contributed by atoms with Crippen LogP contribution in [0.5, 0.6) is 0 Å². The van der Waals surface area contributed by atoms with Crippen LogP contribution in [-0.4, -0.2) is 30.0 Å². The molecule has 1 aromatic carbocycles. The van der Waals surface area contributed by atoms with Gasteiger partial charge in [0, 0.05) is 0 Å². The van der Waals surface area contributed by atoms with Gasteiger partial charge in [0.1, 0.15) is 11.3 Å². The number of rotatable bonds is 3. The number of fused-ring (bicyclic) bond motifs is 2. The zero-order valence-electron chi connectivity index (χ0n) is 12.5. The van der Waals surface area contributed by atoms with Crippen molar-refractivity contribution in [1.29, 1.82) is 0 Å². The minimum absolute atomic E-state index is 0.135. The summed E-state index contributed by atoms with van der Waals surface area (Å²) in [5.74, 6) is -1.19. The third-order valence-corrected chi connectivity index (χ3v) is 3.82. The fraction of sp³-hybridized carbons (Fsp3) is 0.0588. The number of imidazole rings is 1. The second kappa shape index (κ2) is 5.31. The van der Waals surface area contributed by atoms with Gasteiger partial charge in [-0.05, 0) is 17.7 Å². The third-order valence-electron chi connectivity index (χ3n) is 3.82. The molecule has 118 valence electrons. The third kappa shape index (κ3) is 2.14. The minimum atomic E-state index is -1.19. The van der Waals surface area contributed by atoms with Crippen molar-refractivity contribution in [3.05, 3.63) is 76.5 Å². The average Bonchev–Trinajstić information content (AvgIpc) is 2.98. The van der Waals surface area contributed by atoms with Crippen LogP contribution in [0, 0.1) is 0 Å². The van der Waals surface area contributed by atoms with E-state index in [9.17, 15) is 14.7 Å². The highest BCUT2D eigenvalue weighted by atomic mass is 16.4. The van der Waals surface area contributed by atoms with Gasteiger partial charge in [-0.2, -0.15) is 0 Å². The van der Waals surface area contributed by atoms with Crippen LogP contribution >= 0.6 is 0 Å². The predicted molar refractivity (Wildman–Crippen MR) is 87.3 cm³/mol. The number of aromatic nitrogens is 4. The Kier molecular flexibility index (Phi) is 3.13. The maximum Gasteiger partial charge on any atom is 0.353 e. The van der Waals surface area contributed by atoms with E-state index in [-0.39, 0.29) is 16.9 Å². The van der Waals surface area contributed by atoms with Crippen molar-refractivity contribution >= 4 is 22.8 Å². The van der Waals surface area contributed by atoms with Crippen molar-refractivity contribution in [2.75, 3.05) is 0 Å². The van der Waals surface area contributed by atoms with Crippen molar-refractivity contribution in [3.63, 3.8) is 0 Å². The molecule has 0 unspecified atom stereocenters. The number of carbonyl (C=O) groups is 1. The van der Waals surface area contributed by atoms with Gasteiger partial charge in [-0.1, -0.05) is 36.4 Å². The number of benzene rings is 1. The molecular formula is C17H12N4O3. The molecule has 3 aromatic heterocycles. The second-order valence-corrected chi connectivity index (χ2v) is 5.36. The van der Waals surface area contributed by atoms with Gasteiger partial charge in [-0.3, -0.25) is 9.20 Å². The molecule has 0 saturated heterocycles. The van der Waals surface area contributed by atoms with Crippen molar-refractivity contribution < 1.29 is 9.90 Å². The Morgan fingerprint density at radius 1 is 1.08 bits per heavy atom. The van der Waals surface area contributed by atoms with Gasteiger partial charge in [0.25, 0.3) is 5.56 Å². The van der Waals surface area contributed by atoms with Crippen LogP contribution in [0.4, 0.5) is 0 Å². The summed E-state index contributed by atoms with van der Waals surface area (Å²) in [5, 5.41) is 9.27. The average molecular weight is 320 g/mol. The van der Waals surface area contributed by atoms with Crippen molar-refractivity contribution in [2.24, 2.45) is 0 Å². The molecule has 7 nitrogen and oxygen atoms in total. The number of aromatic carboxylic acids is 1. The van der Waals surface area contributed by atoms with Crippen molar-refractivity contribution in [2.45, 2.75) is 6.54 Å². The normalized spacial score (nSPS) is 11.2. The van der Waals surface area contributed by atoms with Crippen LogP contribution in [0.15, 0.2) is 59.7 Å². The number of nitrogens with zero attached hydrogens (tertiary/aromatic N) is 4. The number of carboxylic acid groups (broad SMARTS) is 1.